The van der Waals surface area contributed by atoms with Crippen molar-refractivity contribution in [2.75, 3.05) is 5.32 Å². The Balaban J connectivity index is 1.90. The summed E-state index contributed by atoms with van der Waals surface area (Å²) in [7, 11) is 0. The number of fused-ring (bicyclic) bond motifs is 1. The molecule has 0 saturated heterocycles. The van der Waals surface area contributed by atoms with Gasteiger partial charge in [0.2, 0.25) is 0 Å². The van der Waals surface area contributed by atoms with Crippen molar-refractivity contribution in [1.82, 2.24) is 0 Å². The number of benzene rings is 2. The number of carboxylic acid groups (broad SMARTS) is 1. The number of rotatable bonds is 4. The van der Waals surface area contributed by atoms with E-state index in [4.69, 9.17) is 32.7 Å². The van der Waals surface area contributed by atoms with Crippen LogP contribution in [0, 0.1) is 0 Å². The summed E-state index contributed by atoms with van der Waals surface area (Å²) in [5.74, 6) is -1.42. The SMILES string of the molecule is O=C(O)Cc1cc(Cl)c(NC(=O)c2coc3ccccc23)c(Cl)c1. The molecule has 0 aliphatic carbocycles. The minimum absolute atomic E-state index is 0.167. The molecule has 1 heterocycles. The van der Waals surface area contributed by atoms with Crippen LogP contribution in [0.4, 0.5) is 5.69 Å². The Morgan fingerprint density at radius 3 is 2.46 bits per heavy atom. The molecule has 24 heavy (non-hydrogen) atoms. The van der Waals surface area contributed by atoms with Gasteiger partial charge in [-0.15, -0.1) is 0 Å². The Labute approximate surface area is 146 Å². The van der Waals surface area contributed by atoms with Gasteiger partial charge < -0.3 is 14.8 Å². The lowest BCUT2D eigenvalue weighted by Gasteiger charge is -2.10. The summed E-state index contributed by atoms with van der Waals surface area (Å²) in [6.45, 7) is 0. The molecule has 0 aliphatic rings. The van der Waals surface area contributed by atoms with Crippen LogP contribution in [0.5, 0.6) is 0 Å². The van der Waals surface area contributed by atoms with Gasteiger partial charge in [0.25, 0.3) is 5.91 Å². The molecule has 0 bridgehead atoms. The molecule has 1 amide bonds. The minimum Gasteiger partial charge on any atom is -0.481 e. The molecular weight excluding hydrogens is 353 g/mol. The summed E-state index contributed by atoms with van der Waals surface area (Å²) in [6, 6.07) is 10.1. The molecule has 5 nitrogen and oxygen atoms in total. The smallest absolute Gasteiger partial charge is 0.307 e. The highest BCUT2D eigenvalue weighted by Crippen LogP contribution is 2.33. The molecule has 0 spiro atoms. The van der Waals surface area contributed by atoms with Crippen molar-refractivity contribution in [3.8, 4) is 0 Å². The first-order valence-electron chi connectivity index (χ1n) is 6.93. The average molecular weight is 364 g/mol. The quantitative estimate of drug-likeness (QED) is 0.708. The highest BCUT2D eigenvalue weighted by molar-refractivity contribution is 6.40. The largest absolute Gasteiger partial charge is 0.481 e. The maximum atomic E-state index is 12.5. The predicted molar refractivity (Wildman–Crippen MR) is 92.0 cm³/mol. The van der Waals surface area contributed by atoms with Crippen LogP contribution >= 0.6 is 23.2 Å². The molecular formula is C17H11Cl2NO4. The number of halogens is 2. The Morgan fingerprint density at radius 1 is 1.12 bits per heavy atom. The van der Waals surface area contributed by atoms with Gasteiger partial charge in [-0.2, -0.15) is 0 Å². The van der Waals surface area contributed by atoms with Gasteiger partial charge in [0.15, 0.2) is 0 Å². The van der Waals surface area contributed by atoms with Crippen molar-refractivity contribution in [2.45, 2.75) is 6.42 Å². The van der Waals surface area contributed by atoms with Gasteiger partial charge in [-0.3, -0.25) is 9.59 Å². The van der Waals surface area contributed by atoms with E-state index in [1.54, 1.807) is 18.2 Å². The number of anilines is 1. The molecule has 0 saturated carbocycles. The Hall–Kier alpha value is -2.50. The number of hydrogen-bond acceptors (Lipinski definition) is 3. The van der Waals surface area contributed by atoms with Gasteiger partial charge in [0.05, 0.1) is 27.7 Å². The van der Waals surface area contributed by atoms with Gasteiger partial charge >= 0.3 is 5.97 Å². The second-order valence-electron chi connectivity index (χ2n) is 5.10. The molecule has 2 aromatic carbocycles. The van der Waals surface area contributed by atoms with E-state index < -0.39 is 11.9 Å². The van der Waals surface area contributed by atoms with E-state index in [0.717, 1.165) is 0 Å². The van der Waals surface area contributed by atoms with E-state index in [0.29, 0.717) is 22.1 Å². The van der Waals surface area contributed by atoms with Crippen molar-refractivity contribution in [1.29, 1.82) is 0 Å². The number of nitrogens with one attached hydrogen (secondary N) is 1. The molecule has 122 valence electrons. The van der Waals surface area contributed by atoms with Gasteiger partial charge in [-0.1, -0.05) is 41.4 Å². The van der Waals surface area contributed by atoms with Crippen LogP contribution in [-0.4, -0.2) is 17.0 Å². The van der Waals surface area contributed by atoms with Crippen LogP contribution in [0.3, 0.4) is 0 Å². The van der Waals surface area contributed by atoms with E-state index in [9.17, 15) is 9.59 Å². The third kappa shape index (κ3) is 3.22. The van der Waals surface area contributed by atoms with Crippen LogP contribution in [0.1, 0.15) is 15.9 Å². The maximum Gasteiger partial charge on any atom is 0.307 e. The summed E-state index contributed by atoms with van der Waals surface area (Å²) in [5.41, 5.74) is 1.62. The van der Waals surface area contributed by atoms with Crippen molar-refractivity contribution in [2.24, 2.45) is 0 Å². The van der Waals surface area contributed by atoms with Crippen LogP contribution in [0.25, 0.3) is 11.0 Å². The van der Waals surface area contributed by atoms with E-state index >= 15 is 0 Å². The predicted octanol–water partition coefficient (Wildman–Crippen LogP) is 4.62. The molecule has 0 fully saturated rings. The first kappa shape index (κ1) is 16.4. The van der Waals surface area contributed by atoms with E-state index in [1.807, 2.05) is 6.07 Å². The number of aliphatic carboxylic acids is 1. The maximum absolute atomic E-state index is 12.5. The molecule has 1 aromatic heterocycles. The van der Waals surface area contributed by atoms with Gasteiger partial charge in [-0.25, -0.2) is 0 Å². The Morgan fingerprint density at radius 2 is 1.79 bits per heavy atom. The minimum atomic E-state index is -0.996. The van der Waals surface area contributed by atoms with Crippen molar-refractivity contribution >= 4 is 51.7 Å². The lowest BCUT2D eigenvalue weighted by atomic mass is 10.1. The van der Waals surface area contributed by atoms with Gasteiger partial charge in [0, 0.05) is 5.39 Å². The van der Waals surface area contributed by atoms with Crippen LogP contribution in [0.15, 0.2) is 47.1 Å². The molecule has 0 aliphatic heterocycles. The molecule has 2 N–H and O–H groups in total. The summed E-state index contributed by atoms with van der Waals surface area (Å²) >= 11 is 12.3. The zero-order chi connectivity index (χ0) is 17.3. The van der Waals surface area contributed by atoms with Crippen LogP contribution in [0.2, 0.25) is 10.0 Å². The van der Waals surface area contributed by atoms with E-state index in [1.165, 1.54) is 18.4 Å². The van der Waals surface area contributed by atoms with Crippen molar-refractivity contribution < 1.29 is 19.1 Å². The molecule has 0 unspecified atom stereocenters. The van der Waals surface area contributed by atoms with Crippen molar-refractivity contribution in [3.63, 3.8) is 0 Å². The van der Waals surface area contributed by atoms with E-state index in [2.05, 4.69) is 5.32 Å². The lowest BCUT2D eigenvalue weighted by Crippen LogP contribution is -2.12. The fourth-order valence-electron chi connectivity index (χ4n) is 2.36. The standard InChI is InChI=1S/C17H11Cl2NO4/c18-12-5-9(7-15(21)22)6-13(19)16(12)20-17(23)11-8-24-14-4-2-1-3-10(11)14/h1-6,8H,7H2,(H,20,23)(H,21,22). The Kier molecular flexibility index (Phi) is 4.46. The van der Waals surface area contributed by atoms with Crippen LogP contribution < -0.4 is 5.32 Å². The zero-order valence-corrected chi connectivity index (χ0v) is 13.7. The number of carboxylic acids is 1. The molecule has 0 atom stereocenters. The molecule has 3 aromatic rings. The number of hydrogen-bond donors (Lipinski definition) is 2. The first-order valence-corrected chi connectivity index (χ1v) is 7.68. The van der Waals surface area contributed by atoms with Gasteiger partial charge in [0.1, 0.15) is 11.8 Å². The third-order valence-electron chi connectivity index (χ3n) is 3.42. The molecule has 0 radical (unpaired) electrons. The fourth-order valence-corrected chi connectivity index (χ4v) is 2.98. The van der Waals surface area contributed by atoms with E-state index in [-0.39, 0.29) is 22.2 Å². The summed E-state index contributed by atoms with van der Waals surface area (Å²) in [4.78, 5) is 23.2. The average Bonchev–Trinajstić information content (AvgIpc) is 2.94. The second kappa shape index (κ2) is 6.55. The number of furan rings is 1. The molecule has 7 heteroatoms. The molecule has 3 rings (SSSR count). The number of para-hydroxylation sites is 1. The summed E-state index contributed by atoms with van der Waals surface area (Å²) in [5, 5.41) is 12.5. The van der Waals surface area contributed by atoms with Crippen LogP contribution in [-0.2, 0) is 11.2 Å². The number of amides is 1. The topological polar surface area (TPSA) is 79.5 Å². The van der Waals surface area contributed by atoms with Crippen molar-refractivity contribution in [3.05, 3.63) is 63.8 Å². The monoisotopic (exact) mass is 363 g/mol. The fraction of sp³-hybridized carbons (Fsp3) is 0.0588. The number of carbonyl (C=O) groups is 2. The first-order chi connectivity index (χ1) is 11.5. The summed E-state index contributed by atoms with van der Waals surface area (Å²) < 4.78 is 5.34. The summed E-state index contributed by atoms with van der Waals surface area (Å²) in [6.07, 6.45) is 1.15. The number of carbonyl (C=O) groups excluding carboxylic acids is 1. The second-order valence-corrected chi connectivity index (χ2v) is 5.92. The van der Waals surface area contributed by atoms with Gasteiger partial charge in [-0.05, 0) is 23.8 Å². The highest BCUT2D eigenvalue weighted by Gasteiger charge is 2.17. The lowest BCUT2D eigenvalue weighted by molar-refractivity contribution is -0.136. The Bertz CT molecular complexity index is 926. The highest BCUT2D eigenvalue weighted by atomic mass is 35.5. The normalized spacial score (nSPS) is 10.8. The third-order valence-corrected chi connectivity index (χ3v) is 4.02. The zero-order valence-electron chi connectivity index (χ0n) is 12.2.